The molecular weight excluding hydrogens is 195 g/mol. The van der Waals surface area contributed by atoms with E-state index in [1.165, 1.54) is 4.90 Å². The van der Waals surface area contributed by atoms with E-state index in [0.717, 1.165) is 0 Å². The number of rotatable bonds is 3. The van der Waals surface area contributed by atoms with Crippen LogP contribution < -0.4 is 5.73 Å². The van der Waals surface area contributed by atoms with Crippen LogP contribution in [0.4, 0.5) is 4.39 Å². The molecule has 15 heavy (non-hydrogen) atoms. The minimum absolute atomic E-state index is 0.0407. The van der Waals surface area contributed by atoms with Crippen molar-refractivity contribution in [1.82, 2.24) is 4.90 Å². The Kier molecular flexibility index (Phi) is 3.80. The smallest absolute Gasteiger partial charge is 0.253 e. The maximum atomic E-state index is 13.1. The fraction of sp³-hybridized carbons (Fsp3) is 0.364. The number of nitrogens with zero attached hydrogens (tertiary/aromatic N) is 1. The third kappa shape index (κ3) is 2.76. The van der Waals surface area contributed by atoms with Gasteiger partial charge in [-0.3, -0.25) is 4.79 Å². The average molecular weight is 210 g/mol. The number of alkyl halides is 1. The first-order valence-corrected chi connectivity index (χ1v) is 4.72. The van der Waals surface area contributed by atoms with Crippen LogP contribution in [0.3, 0.4) is 0 Å². The average Bonchev–Trinajstić information content (AvgIpc) is 2.27. The van der Waals surface area contributed by atoms with Gasteiger partial charge in [0.1, 0.15) is 6.17 Å². The first kappa shape index (κ1) is 11.7. The summed E-state index contributed by atoms with van der Waals surface area (Å²) in [6, 6.07) is 6.41. The van der Waals surface area contributed by atoms with Crippen LogP contribution in [0.1, 0.15) is 22.1 Å². The number of amides is 1. The highest BCUT2D eigenvalue weighted by Gasteiger charge is 2.10. The topological polar surface area (TPSA) is 46.3 Å². The molecule has 0 heterocycles. The van der Waals surface area contributed by atoms with Gasteiger partial charge in [-0.25, -0.2) is 4.39 Å². The van der Waals surface area contributed by atoms with E-state index in [-0.39, 0.29) is 12.5 Å². The van der Waals surface area contributed by atoms with Crippen LogP contribution in [-0.4, -0.2) is 31.4 Å². The predicted molar refractivity (Wildman–Crippen MR) is 57.4 cm³/mol. The predicted octanol–water partition coefficient (Wildman–Crippen LogP) is 1.36. The molecule has 1 rings (SSSR count). The van der Waals surface area contributed by atoms with Crippen LogP contribution in [0, 0.1) is 0 Å². The van der Waals surface area contributed by atoms with E-state index in [0.29, 0.717) is 11.1 Å². The Morgan fingerprint density at radius 3 is 2.33 bits per heavy atom. The summed E-state index contributed by atoms with van der Waals surface area (Å²) in [6.07, 6.45) is -1.16. The largest absolute Gasteiger partial charge is 0.345 e. The van der Waals surface area contributed by atoms with Crippen molar-refractivity contribution in [2.24, 2.45) is 5.73 Å². The molecule has 1 amide bonds. The van der Waals surface area contributed by atoms with Crippen LogP contribution >= 0.6 is 0 Å². The van der Waals surface area contributed by atoms with Crippen molar-refractivity contribution in [2.45, 2.75) is 6.17 Å². The van der Waals surface area contributed by atoms with E-state index in [1.807, 2.05) is 0 Å². The molecule has 0 saturated heterocycles. The van der Waals surface area contributed by atoms with Crippen LogP contribution in [0.15, 0.2) is 24.3 Å². The van der Waals surface area contributed by atoms with Crippen LogP contribution in [-0.2, 0) is 0 Å². The monoisotopic (exact) mass is 210 g/mol. The second-order valence-corrected chi connectivity index (χ2v) is 3.52. The Morgan fingerprint density at radius 1 is 1.40 bits per heavy atom. The molecule has 82 valence electrons. The number of hydrogen-bond acceptors (Lipinski definition) is 2. The maximum Gasteiger partial charge on any atom is 0.253 e. The van der Waals surface area contributed by atoms with Crippen LogP contribution in [0.2, 0.25) is 0 Å². The van der Waals surface area contributed by atoms with Gasteiger partial charge in [0.15, 0.2) is 0 Å². The van der Waals surface area contributed by atoms with Gasteiger partial charge in [-0.15, -0.1) is 0 Å². The van der Waals surface area contributed by atoms with Gasteiger partial charge in [0.05, 0.1) is 0 Å². The lowest BCUT2D eigenvalue weighted by molar-refractivity contribution is 0.0827. The van der Waals surface area contributed by atoms with E-state index >= 15 is 0 Å². The van der Waals surface area contributed by atoms with Crippen molar-refractivity contribution >= 4 is 5.91 Å². The summed E-state index contributed by atoms with van der Waals surface area (Å²) < 4.78 is 13.1. The Balaban J connectivity index is 2.85. The molecule has 1 atom stereocenters. The number of nitrogens with two attached hydrogens (primary N) is 1. The highest BCUT2D eigenvalue weighted by Crippen LogP contribution is 2.16. The molecule has 3 nitrogen and oxygen atoms in total. The summed E-state index contributed by atoms with van der Waals surface area (Å²) in [4.78, 5) is 13.0. The minimum atomic E-state index is -1.16. The molecule has 1 aromatic rings. The van der Waals surface area contributed by atoms with Gasteiger partial charge in [-0.2, -0.15) is 0 Å². The van der Waals surface area contributed by atoms with E-state index < -0.39 is 6.17 Å². The van der Waals surface area contributed by atoms with E-state index in [4.69, 9.17) is 5.73 Å². The molecule has 4 heteroatoms. The zero-order valence-electron chi connectivity index (χ0n) is 8.90. The molecular formula is C11H15FN2O. The minimum Gasteiger partial charge on any atom is -0.345 e. The van der Waals surface area contributed by atoms with Gasteiger partial charge >= 0.3 is 0 Å². The molecule has 0 aliphatic rings. The summed E-state index contributed by atoms with van der Waals surface area (Å²) >= 11 is 0. The molecule has 1 unspecified atom stereocenters. The maximum absolute atomic E-state index is 13.1. The molecule has 0 fully saturated rings. The Bertz CT molecular complexity index is 335. The first-order valence-electron chi connectivity index (χ1n) is 4.72. The molecule has 0 bridgehead atoms. The molecule has 2 N–H and O–H groups in total. The Labute approximate surface area is 88.7 Å². The van der Waals surface area contributed by atoms with Crippen molar-refractivity contribution in [2.75, 3.05) is 20.6 Å². The van der Waals surface area contributed by atoms with E-state index in [2.05, 4.69) is 0 Å². The molecule has 0 aliphatic heterocycles. The highest BCUT2D eigenvalue weighted by atomic mass is 19.1. The SMILES string of the molecule is CN(C)C(=O)c1ccc(C(F)CN)cc1. The van der Waals surface area contributed by atoms with E-state index in [1.54, 1.807) is 38.4 Å². The van der Waals surface area contributed by atoms with Gasteiger partial charge in [-0.05, 0) is 17.7 Å². The number of halogens is 1. The number of carbonyl (C=O) groups excluding carboxylic acids is 1. The molecule has 0 spiro atoms. The molecule has 0 radical (unpaired) electrons. The number of hydrogen-bond donors (Lipinski definition) is 1. The standard InChI is InChI=1S/C11H15FN2O/c1-14(2)11(15)9-5-3-8(4-6-9)10(12)7-13/h3-6,10H,7,13H2,1-2H3. The van der Waals surface area contributed by atoms with Crippen LogP contribution in [0.25, 0.3) is 0 Å². The fourth-order valence-corrected chi connectivity index (χ4v) is 1.23. The number of carbonyl (C=O) groups is 1. The third-order valence-electron chi connectivity index (χ3n) is 2.13. The summed E-state index contributed by atoms with van der Waals surface area (Å²) in [6.45, 7) is -0.0407. The second-order valence-electron chi connectivity index (χ2n) is 3.52. The van der Waals surface area contributed by atoms with Crippen molar-refractivity contribution < 1.29 is 9.18 Å². The zero-order chi connectivity index (χ0) is 11.4. The normalized spacial score (nSPS) is 12.3. The van der Waals surface area contributed by atoms with Crippen molar-refractivity contribution in [3.8, 4) is 0 Å². The van der Waals surface area contributed by atoms with Gasteiger partial charge in [0, 0.05) is 26.2 Å². The molecule has 0 aliphatic carbocycles. The molecule has 0 saturated carbocycles. The van der Waals surface area contributed by atoms with E-state index in [9.17, 15) is 9.18 Å². The third-order valence-corrected chi connectivity index (χ3v) is 2.13. The lowest BCUT2D eigenvalue weighted by Crippen LogP contribution is -2.21. The van der Waals surface area contributed by atoms with Gasteiger partial charge < -0.3 is 10.6 Å². The van der Waals surface area contributed by atoms with Gasteiger partial charge in [0.2, 0.25) is 0 Å². The molecule has 1 aromatic carbocycles. The molecule has 0 aromatic heterocycles. The first-order chi connectivity index (χ1) is 7.06. The Hall–Kier alpha value is -1.42. The zero-order valence-corrected chi connectivity index (χ0v) is 8.90. The quantitative estimate of drug-likeness (QED) is 0.818. The summed E-state index contributed by atoms with van der Waals surface area (Å²) in [7, 11) is 3.35. The van der Waals surface area contributed by atoms with Crippen molar-refractivity contribution in [3.05, 3.63) is 35.4 Å². The van der Waals surface area contributed by atoms with Gasteiger partial charge in [-0.1, -0.05) is 12.1 Å². The second kappa shape index (κ2) is 4.89. The summed E-state index contributed by atoms with van der Waals surface area (Å²) in [5.74, 6) is -0.0929. The highest BCUT2D eigenvalue weighted by molar-refractivity contribution is 5.93. The van der Waals surface area contributed by atoms with Gasteiger partial charge in [0.25, 0.3) is 5.91 Å². The van der Waals surface area contributed by atoms with Crippen molar-refractivity contribution in [3.63, 3.8) is 0 Å². The summed E-state index contributed by atoms with van der Waals surface area (Å²) in [5.41, 5.74) is 6.26. The summed E-state index contributed by atoms with van der Waals surface area (Å²) in [5, 5.41) is 0. The lowest BCUT2D eigenvalue weighted by atomic mass is 10.1. The van der Waals surface area contributed by atoms with Crippen molar-refractivity contribution in [1.29, 1.82) is 0 Å². The Morgan fingerprint density at radius 2 is 1.93 bits per heavy atom. The van der Waals surface area contributed by atoms with Crippen LogP contribution in [0.5, 0.6) is 0 Å². The number of benzene rings is 1. The fourth-order valence-electron chi connectivity index (χ4n) is 1.23. The lowest BCUT2D eigenvalue weighted by Gasteiger charge is -2.11.